The Balaban J connectivity index is 1.86. The Bertz CT molecular complexity index is 937. The van der Waals surface area contributed by atoms with E-state index in [1.807, 2.05) is 44.4 Å². The van der Waals surface area contributed by atoms with Crippen LogP contribution in [0, 0.1) is 0 Å². The molecule has 0 aliphatic rings. The zero-order valence-electron chi connectivity index (χ0n) is 16.6. The van der Waals surface area contributed by atoms with Crippen LogP contribution in [0.15, 0.2) is 30.6 Å². The van der Waals surface area contributed by atoms with E-state index < -0.39 is 0 Å². The largest absolute Gasteiger partial charge is 0.382 e. The third kappa shape index (κ3) is 4.42. The van der Waals surface area contributed by atoms with E-state index in [9.17, 15) is 4.79 Å². The van der Waals surface area contributed by atoms with Gasteiger partial charge in [0.1, 0.15) is 5.52 Å². The van der Waals surface area contributed by atoms with Gasteiger partial charge in [0.05, 0.1) is 30.0 Å². The number of carbonyl (C=O) groups excluding carboxylic acids is 1. The number of pyridine rings is 1. The van der Waals surface area contributed by atoms with Crippen LogP contribution < -0.4 is 11.1 Å². The molecular formula is C21H29N5O2. The summed E-state index contributed by atoms with van der Waals surface area (Å²) in [7, 11) is 0. The number of rotatable bonds is 10. The van der Waals surface area contributed by atoms with Crippen LogP contribution in [-0.2, 0) is 9.53 Å². The van der Waals surface area contributed by atoms with Gasteiger partial charge in [-0.3, -0.25) is 4.79 Å². The van der Waals surface area contributed by atoms with Crippen molar-refractivity contribution in [1.29, 1.82) is 0 Å². The number of hydrogen-bond acceptors (Lipinski definition) is 5. The number of nitrogens with zero attached hydrogens (tertiary/aromatic N) is 3. The predicted molar refractivity (Wildman–Crippen MR) is 112 cm³/mol. The summed E-state index contributed by atoms with van der Waals surface area (Å²) in [6, 6.07) is 8.07. The second-order valence-corrected chi connectivity index (χ2v) is 6.92. The Morgan fingerprint density at radius 2 is 2.14 bits per heavy atom. The van der Waals surface area contributed by atoms with Crippen LogP contribution in [0.5, 0.6) is 0 Å². The average molecular weight is 383 g/mol. The molecule has 7 nitrogen and oxygen atoms in total. The molecule has 0 fully saturated rings. The maximum atomic E-state index is 11.7. The van der Waals surface area contributed by atoms with Crippen molar-refractivity contribution in [2.45, 2.75) is 45.6 Å². The smallest absolute Gasteiger partial charge is 0.219 e. The van der Waals surface area contributed by atoms with Crippen molar-refractivity contribution in [1.82, 2.24) is 19.9 Å². The lowest BCUT2D eigenvalue weighted by Gasteiger charge is -2.20. The first-order chi connectivity index (χ1) is 13.7. The number of nitrogens with two attached hydrogens (primary N) is 1. The molecule has 7 heteroatoms. The van der Waals surface area contributed by atoms with Gasteiger partial charge in [-0.2, -0.15) is 0 Å². The first-order valence-electron chi connectivity index (χ1n) is 10.0. The molecule has 0 radical (unpaired) electrons. The first-order valence-corrected chi connectivity index (χ1v) is 10.0. The van der Waals surface area contributed by atoms with E-state index >= 15 is 0 Å². The molecule has 1 amide bonds. The average Bonchev–Trinajstić information content (AvgIpc) is 3.14. The van der Waals surface area contributed by atoms with Gasteiger partial charge >= 0.3 is 0 Å². The van der Waals surface area contributed by atoms with E-state index in [0.29, 0.717) is 32.0 Å². The van der Waals surface area contributed by atoms with Crippen molar-refractivity contribution in [3.63, 3.8) is 0 Å². The number of nitrogens with one attached hydrogen (secondary N) is 1. The van der Waals surface area contributed by atoms with Crippen LogP contribution in [0.1, 0.15) is 45.6 Å². The summed E-state index contributed by atoms with van der Waals surface area (Å²) >= 11 is 0. The summed E-state index contributed by atoms with van der Waals surface area (Å²) in [5.41, 5.74) is 8.72. The van der Waals surface area contributed by atoms with Gasteiger partial charge in [-0.1, -0.05) is 25.1 Å². The fourth-order valence-electron chi connectivity index (χ4n) is 3.48. The summed E-state index contributed by atoms with van der Waals surface area (Å²) in [5.74, 6) is 0.552. The lowest BCUT2D eigenvalue weighted by atomic mass is 10.1. The highest BCUT2D eigenvalue weighted by Gasteiger charge is 2.18. The van der Waals surface area contributed by atoms with Gasteiger partial charge in [-0.15, -0.1) is 0 Å². The summed E-state index contributed by atoms with van der Waals surface area (Å²) in [6.07, 6.45) is 5.00. The van der Waals surface area contributed by atoms with E-state index in [1.165, 1.54) is 0 Å². The summed E-state index contributed by atoms with van der Waals surface area (Å²) < 4.78 is 7.90. The van der Waals surface area contributed by atoms with Crippen molar-refractivity contribution in [3.05, 3.63) is 30.6 Å². The molecule has 0 bridgehead atoms. The van der Waals surface area contributed by atoms with E-state index in [0.717, 1.165) is 41.2 Å². The van der Waals surface area contributed by atoms with Crippen LogP contribution in [0.25, 0.3) is 21.9 Å². The minimum Gasteiger partial charge on any atom is -0.382 e. The molecule has 28 heavy (non-hydrogen) atoms. The SMILES string of the molecule is CCCC(=O)NCCC[C@@H](COCC)n1cnc2c(N)nc3ccccc3c21. The summed E-state index contributed by atoms with van der Waals surface area (Å²) in [6.45, 7) is 5.90. The standard InChI is InChI=1S/C21H29N5O2/c1-3-8-18(27)23-12-7-9-15(13-28-4-2)26-14-24-19-20(26)16-10-5-6-11-17(16)25-21(19)22/h5-6,10-11,14-15H,3-4,7-9,12-13H2,1-2H3,(H2,22,25)(H,23,27)/t15-/m0/s1. The zero-order chi connectivity index (χ0) is 19.9. The number of anilines is 1. The molecule has 2 aromatic heterocycles. The number of imidazole rings is 1. The molecule has 1 atom stereocenters. The number of carbonyl (C=O) groups is 1. The van der Waals surface area contributed by atoms with E-state index in [-0.39, 0.29) is 11.9 Å². The predicted octanol–water partition coefficient (Wildman–Crippen LogP) is 3.44. The Kier molecular flexibility index (Phi) is 6.81. The molecule has 3 aromatic rings. The molecule has 1 aromatic carbocycles. The molecule has 0 saturated heterocycles. The normalized spacial score (nSPS) is 12.5. The number of ether oxygens (including phenoxy) is 1. The number of aromatic nitrogens is 3. The second kappa shape index (κ2) is 9.50. The summed E-state index contributed by atoms with van der Waals surface area (Å²) in [4.78, 5) is 20.7. The van der Waals surface area contributed by atoms with Gasteiger partial charge in [0.25, 0.3) is 0 Å². The van der Waals surface area contributed by atoms with Crippen molar-refractivity contribution in [2.75, 3.05) is 25.5 Å². The topological polar surface area (TPSA) is 95.1 Å². The van der Waals surface area contributed by atoms with Crippen LogP contribution in [-0.4, -0.2) is 40.2 Å². The molecule has 0 aliphatic carbocycles. The fourth-order valence-corrected chi connectivity index (χ4v) is 3.48. The number of nitrogen functional groups attached to an aromatic ring is 1. The number of hydrogen-bond donors (Lipinski definition) is 2. The molecule has 0 saturated carbocycles. The number of amides is 1. The van der Waals surface area contributed by atoms with Gasteiger partial charge in [0, 0.05) is 25.0 Å². The van der Waals surface area contributed by atoms with Crippen molar-refractivity contribution < 1.29 is 9.53 Å². The van der Waals surface area contributed by atoms with Crippen molar-refractivity contribution in [2.24, 2.45) is 0 Å². The maximum Gasteiger partial charge on any atom is 0.219 e. The molecular weight excluding hydrogens is 354 g/mol. The van der Waals surface area contributed by atoms with Gasteiger partial charge in [-0.05, 0) is 32.3 Å². The van der Waals surface area contributed by atoms with Crippen LogP contribution in [0.2, 0.25) is 0 Å². The zero-order valence-corrected chi connectivity index (χ0v) is 16.6. The van der Waals surface area contributed by atoms with E-state index in [4.69, 9.17) is 10.5 Å². The lowest BCUT2D eigenvalue weighted by Crippen LogP contribution is -2.25. The molecule has 150 valence electrons. The van der Waals surface area contributed by atoms with Gasteiger partial charge < -0.3 is 20.4 Å². The molecule has 3 rings (SSSR count). The Morgan fingerprint density at radius 3 is 2.93 bits per heavy atom. The lowest BCUT2D eigenvalue weighted by molar-refractivity contribution is -0.121. The Labute approximate surface area is 165 Å². The quantitative estimate of drug-likeness (QED) is 0.523. The van der Waals surface area contributed by atoms with Crippen LogP contribution in [0.4, 0.5) is 5.82 Å². The number of para-hydroxylation sites is 1. The van der Waals surface area contributed by atoms with E-state index in [1.54, 1.807) is 0 Å². The molecule has 0 aliphatic heterocycles. The third-order valence-corrected chi connectivity index (χ3v) is 4.86. The van der Waals surface area contributed by atoms with Gasteiger partial charge in [0.2, 0.25) is 5.91 Å². The van der Waals surface area contributed by atoms with Crippen molar-refractivity contribution >= 4 is 33.7 Å². The van der Waals surface area contributed by atoms with Gasteiger partial charge in [0.15, 0.2) is 5.82 Å². The molecule has 0 spiro atoms. The first kappa shape index (κ1) is 20.1. The van der Waals surface area contributed by atoms with Crippen molar-refractivity contribution in [3.8, 4) is 0 Å². The van der Waals surface area contributed by atoms with Crippen LogP contribution in [0.3, 0.4) is 0 Å². The summed E-state index contributed by atoms with van der Waals surface area (Å²) in [5, 5.41) is 4.01. The molecule has 3 N–H and O–H groups in total. The van der Waals surface area contributed by atoms with Crippen LogP contribution >= 0.6 is 0 Å². The highest BCUT2D eigenvalue weighted by Crippen LogP contribution is 2.30. The Morgan fingerprint density at radius 1 is 1.32 bits per heavy atom. The highest BCUT2D eigenvalue weighted by atomic mass is 16.5. The molecule has 2 heterocycles. The maximum absolute atomic E-state index is 11.7. The minimum absolute atomic E-state index is 0.109. The monoisotopic (exact) mass is 383 g/mol. The number of benzene rings is 1. The second-order valence-electron chi connectivity index (χ2n) is 6.92. The minimum atomic E-state index is 0.109. The van der Waals surface area contributed by atoms with Gasteiger partial charge in [-0.25, -0.2) is 9.97 Å². The Hall–Kier alpha value is -2.67. The third-order valence-electron chi connectivity index (χ3n) is 4.86. The number of fused-ring (bicyclic) bond motifs is 3. The fraction of sp³-hybridized carbons (Fsp3) is 0.476. The highest BCUT2D eigenvalue weighted by molar-refractivity contribution is 6.06. The van der Waals surface area contributed by atoms with E-state index in [2.05, 4.69) is 19.9 Å². The molecule has 0 unspecified atom stereocenters.